The van der Waals surface area contributed by atoms with Gasteiger partial charge in [0.05, 0.1) is 17.6 Å². The Morgan fingerprint density at radius 1 is 1.45 bits per heavy atom. The normalized spacial score (nSPS) is 22.1. The average Bonchev–Trinajstić information content (AvgIpc) is 3.32. The number of aryl methyl sites for hydroxylation is 1. The number of nitrogens with zero attached hydrogens (tertiary/aromatic N) is 4. The monoisotopic (exact) mass is 396 g/mol. The summed E-state index contributed by atoms with van der Waals surface area (Å²) in [6, 6.07) is 5.96. The van der Waals surface area contributed by atoms with Crippen LogP contribution in [0.5, 0.6) is 0 Å². The molecule has 2 N–H and O–H groups in total. The third kappa shape index (κ3) is 4.03. The Bertz CT molecular complexity index is 963. The maximum atomic E-state index is 13.4. The molecule has 1 amide bonds. The van der Waals surface area contributed by atoms with E-state index in [-0.39, 0.29) is 11.4 Å². The first kappa shape index (κ1) is 19.6. The second kappa shape index (κ2) is 7.94. The summed E-state index contributed by atoms with van der Waals surface area (Å²) in [4.78, 5) is 22.9. The summed E-state index contributed by atoms with van der Waals surface area (Å²) >= 11 is 0. The zero-order valence-corrected chi connectivity index (χ0v) is 17.2. The highest BCUT2D eigenvalue weighted by Gasteiger charge is 2.39. The fourth-order valence-corrected chi connectivity index (χ4v) is 4.51. The summed E-state index contributed by atoms with van der Waals surface area (Å²) in [6.07, 6.45) is 5.76. The SMILES string of the molecule is CCN(C(=O)c1cc2ncccc2[nH]1)C1(C)CCC[C@@H](NCc2nnc(C)o2)C1. The van der Waals surface area contributed by atoms with Gasteiger partial charge in [-0.05, 0) is 57.7 Å². The molecule has 2 atom stereocenters. The van der Waals surface area contributed by atoms with Crippen molar-refractivity contribution in [3.8, 4) is 0 Å². The molecule has 29 heavy (non-hydrogen) atoms. The Morgan fingerprint density at radius 2 is 2.31 bits per heavy atom. The summed E-state index contributed by atoms with van der Waals surface area (Å²) in [7, 11) is 0. The van der Waals surface area contributed by atoms with Gasteiger partial charge in [-0.2, -0.15) is 0 Å². The molecule has 3 aromatic heterocycles. The van der Waals surface area contributed by atoms with Gasteiger partial charge in [0, 0.05) is 31.2 Å². The number of fused-ring (bicyclic) bond motifs is 1. The third-order valence-corrected chi connectivity index (χ3v) is 5.90. The Hall–Kier alpha value is -2.74. The summed E-state index contributed by atoms with van der Waals surface area (Å²) in [5.74, 6) is 1.20. The number of H-pyrrole nitrogens is 1. The van der Waals surface area contributed by atoms with E-state index in [0.717, 1.165) is 36.7 Å². The average molecular weight is 396 g/mol. The molecule has 1 saturated carbocycles. The van der Waals surface area contributed by atoms with Gasteiger partial charge in [-0.25, -0.2) is 0 Å². The minimum Gasteiger partial charge on any atom is -0.424 e. The van der Waals surface area contributed by atoms with Crippen LogP contribution in [0, 0.1) is 6.92 Å². The molecule has 154 valence electrons. The summed E-state index contributed by atoms with van der Waals surface area (Å²) in [5, 5.41) is 11.5. The van der Waals surface area contributed by atoms with Gasteiger partial charge < -0.3 is 19.6 Å². The highest BCUT2D eigenvalue weighted by molar-refractivity contribution is 5.97. The third-order valence-electron chi connectivity index (χ3n) is 5.90. The number of aromatic nitrogens is 4. The Morgan fingerprint density at radius 3 is 3.03 bits per heavy atom. The van der Waals surface area contributed by atoms with Crippen molar-refractivity contribution in [2.45, 2.75) is 64.6 Å². The molecule has 8 heteroatoms. The predicted octanol–water partition coefficient (Wildman–Crippen LogP) is 3.21. The number of amides is 1. The molecule has 1 aliphatic rings. The van der Waals surface area contributed by atoms with Gasteiger partial charge in [0.2, 0.25) is 11.8 Å². The van der Waals surface area contributed by atoms with Crippen LogP contribution in [0.25, 0.3) is 11.0 Å². The predicted molar refractivity (Wildman–Crippen MR) is 109 cm³/mol. The Labute approximate surface area is 170 Å². The van der Waals surface area contributed by atoms with Crippen LogP contribution in [0.2, 0.25) is 0 Å². The maximum Gasteiger partial charge on any atom is 0.270 e. The Balaban J connectivity index is 1.48. The quantitative estimate of drug-likeness (QED) is 0.664. The van der Waals surface area contributed by atoms with Crippen LogP contribution in [0.1, 0.15) is 61.8 Å². The smallest absolute Gasteiger partial charge is 0.270 e. The number of carbonyl (C=O) groups is 1. The van der Waals surface area contributed by atoms with Crippen molar-refractivity contribution >= 4 is 16.9 Å². The van der Waals surface area contributed by atoms with Crippen LogP contribution in [0.15, 0.2) is 28.8 Å². The number of rotatable bonds is 6. The molecule has 3 heterocycles. The summed E-state index contributed by atoms with van der Waals surface area (Å²) in [6.45, 7) is 7.24. The van der Waals surface area contributed by atoms with Crippen molar-refractivity contribution in [3.05, 3.63) is 41.9 Å². The number of pyridine rings is 1. The first-order chi connectivity index (χ1) is 14.0. The van der Waals surface area contributed by atoms with Gasteiger partial charge in [0.1, 0.15) is 5.69 Å². The van der Waals surface area contributed by atoms with Crippen molar-refractivity contribution in [1.29, 1.82) is 0 Å². The molecule has 4 rings (SSSR count). The molecule has 0 saturated heterocycles. The second-order valence-corrected chi connectivity index (χ2v) is 8.05. The topological polar surface area (TPSA) is 99.9 Å². The highest BCUT2D eigenvalue weighted by Crippen LogP contribution is 2.34. The van der Waals surface area contributed by atoms with Crippen LogP contribution < -0.4 is 5.32 Å². The van der Waals surface area contributed by atoms with Crippen LogP contribution in [-0.2, 0) is 6.54 Å². The van der Waals surface area contributed by atoms with Gasteiger partial charge >= 0.3 is 0 Å². The number of hydrogen-bond donors (Lipinski definition) is 2. The summed E-state index contributed by atoms with van der Waals surface area (Å²) < 4.78 is 5.46. The van der Waals surface area contributed by atoms with E-state index in [2.05, 4.69) is 32.4 Å². The molecular weight excluding hydrogens is 368 g/mol. The molecule has 3 aromatic rings. The van der Waals surface area contributed by atoms with Gasteiger partial charge in [0.15, 0.2) is 0 Å². The minimum atomic E-state index is -0.211. The molecule has 0 bridgehead atoms. The van der Waals surface area contributed by atoms with Crippen LogP contribution in [-0.4, -0.2) is 49.1 Å². The lowest BCUT2D eigenvalue weighted by Gasteiger charge is -2.46. The number of carbonyl (C=O) groups excluding carboxylic acids is 1. The standard InChI is InChI=1S/C21H28N6O2/c1-4-27(20(28)18-11-17-16(24-18)8-6-10-22-17)21(3)9-5-7-15(12-21)23-13-19-26-25-14(2)29-19/h6,8,10-11,15,23-24H,4-5,7,9,12-13H2,1-3H3/t15-,21?/m1/s1. The molecule has 0 aromatic carbocycles. The van der Waals surface area contributed by atoms with Crippen LogP contribution >= 0.6 is 0 Å². The van der Waals surface area contributed by atoms with Crippen molar-refractivity contribution in [1.82, 2.24) is 30.4 Å². The number of nitrogens with one attached hydrogen (secondary N) is 2. The fourth-order valence-electron chi connectivity index (χ4n) is 4.51. The lowest BCUT2D eigenvalue weighted by atomic mass is 9.78. The van der Waals surface area contributed by atoms with E-state index < -0.39 is 0 Å². The second-order valence-electron chi connectivity index (χ2n) is 8.05. The van der Waals surface area contributed by atoms with E-state index in [9.17, 15) is 4.79 Å². The lowest BCUT2D eigenvalue weighted by molar-refractivity contribution is 0.0363. The summed E-state index contributed by atoms with van der Waals surface area (Å²) in [5.41, 5.74) is 2.08. The first-order valence-corrected chi connectivity index (χ1v) is 10.3. The zero-order chi connectivity index (χ0) is 20.4. The molecule has 1 aliphatic carbocycles. The van der Waals surface area contributed by atoms with Gasteiger partial charge in [-0.3, -0.25) is 9.78 Å². The van der Waals surface area contributed by atoms with E-state index in [1.807, 2.05) is 30.0 Å². The molecule has 0 aliphatic heterocycles. The maximum absolute atomic E-state index is 13.4. The van der Waals surface area contributed by atoms with E-state index in [4.69, 9.17) is 4.42 Å². The Kier molecular flexibility index (Phi) is 5.36. The van der Waals surface area contributed by atoms with Gasteiger partial charge in [-0.1, -0.05) is 0 Å². The van der Waals surface area contributed by atoms with Gasteiger partial charge in [-0.15, -0.1) is 10.2 Å². The zero-order valence-electron chi connectivity index (χ0n) is 17.2. The van der Waals surface area contributed by atoms with E-state index >= 15 is 0 Å². The molecule has 1 unspecified atom stereocenters. The largest absolute Gasteiger partial charge is 0.424 e. The molecule has 1 fully saturated rings. The molecule has 0 spiro atoms. The van der Waals surface area contributed by atoms with Crippen LogP contribution in [0.3, 0.4) is 0 Å². The molecular formula is C21H28N6O2. The molecule has 0 radical (unpaired) electrons. The van der Waals surface area contributed by atoms with E-state index in [0.29, 0.717) is 36.6 Å². The lowest BCUT2D eigenvalue weighted by Crippen LogP contribution is -2.55. The molecule has 8 nitrogen and oxygen atoms in total. The van der Waals surface area contributed by atoms with Crippen molar-refractivity contribution < 1.29 is 9.21 Å². The van der Waals surface area contributed by atoms with E-state index in [1.165, 1.54) is 0 Å². The first-order valence-electron chi connectivity index (χ1n) is 10.3. The number of aromatic amines is 1. The van der Waals surface area contributed by atoms with Crippen molar-refractivity contribution in [2.24, 2.45) is 0 Å². The fraction of sp³-hybridized carbons (Fsp3) is 0.524. The van der Waals surface area contributed by atoms with Crippen molar-refractivity contribution in [3.63, 3.8) is 0 Å². The minimum absolute atomic E-state index is 0.0289. The van der Waals surface area contributed by atoms with Crippen LogP contribution in [0.4, 0.5) is 0 Å². The highest BCUT2D eigenvalue weighted by atomic mass is 16.4. The number of hydrogen-bond acceptors (Lipinski definition) is 6. The van der Waals surface area contributed by atoms with Crippen molar-refractivity contribution in [2.75, 3.05) is 6.54 Å². The van der Waals surface area contributed by atoms with Gasteiger partial charge in [0.25, 0.3) is 5.91 Å². The van der Waals surface area contributed by atoms with E-state index in [1.54, 1.807) is 13.1 Å².